The molecule has 0 saturated carbocycles. The van der Waals surface area contributed by atoms with Crippen LogP contribution >= 0.6 is 0 Å². The van der Waals surface area contributed by atoms with Crippen LogP contribution in [0.1, 0.15) is 16.2 Å². The number of aryl methyl sites for hydroxylation is 1. The molecule has 19 heavy (non-hydrogen) atoms. The minimum absolute atomic E-state index is 0.166. The summed E-state index contributed by atoms with van der Waals surface area (Å²) in [5, 5.41) is 2.73. The van der Waals surface area contributed by atoms with Crippen molar-refractivity contribution in [1.29, 1.82) is 0 Å². The standard InChI is InChI=1S/C13H14N4O2/c1-17-7-6-15-11(17)8-12(18)16-10-4-2-9(3-5-10)13(14)19/h2-7H,8H2,1H3,(H2,14,19)(H,16,18). The normalized spacial score (nSPS) is 10.2. The first-order chi connectivity index (χ1) is 9.06. The van der Waals surface area contributed by atoms with Gasteiger partial charge in [0.2, 0.25) is 11.8 Å². The van der Waals surface area contributed by atoms with E-state index in [1.54, 1.807) is 41.2 Å². The summed E-state index contributed by atoms with van der Waals surface area (Å²) in [4.78, 5) is 26.8. The highest BCUT2D eigenvalue weighted by Crippen LogP contribution is 2.09. The number of nitrogens with zero attached hydrogens (tertiary/aromatic N) is 2. The third-order valence-electron chi connectivity index (χ3n) is 2.69. The van der Waals surface area contributed by atoms with E-state index in [9.17, 15) is 9.59 Å². The fourth-order valence-corrected chi connectivity index (χ4v) is 1.63. The number of primary amides is 1. The lowest BCUT2D eigenvalue weighted by Gasteiger charge is -2.05. The Balaban J connectivity index is 1.99. The first-order valence-corrected chi connectivity index (χ1v) is 5.72. The monoisotopic (exact) mass is 258 g/mol. The van der Waals surface area contributed by atoms with Crippen molar-refractivity contribution in [3.8, 4) is 0 Å². The van der Waals surface area contributed by atoms with Crippen molar-refractivity contribution in [3.05, 3.63) is 48.0 Å². The number of aromatic nitrogens is 2. The minimum Gasteiger partial charge on any atom is -0.366 e. The molecule has 0 atom stereocenters. The molecule has 6 nitrogen and oxygen atoms in total. The Bertz CT molecular complexity index is 601. The second-order valence-electron chi connectivity index (χ2n) is 4.12. The van der Waals surface area contributed by atoms with Crippen molar-refractivity contribution < 1.29 is 9.59 Å². The average Bonchev–Trinajstić information content (AvgIpc) is 2.75. The molecule has 0 radical (unpaired) electrons. The number of hydrogen-bond acceptors (Lipinski definition) is 3. The second-order valence-corrected chi connectivity index (χ2v) is 4.12. The SMILES string of the molecule is Cn1ccnc1CC(=O)Nc1ccc(C(N)=O)cc1. The largest absolute Gasteiger partial charge is 0.366 e. The molecule has 2 amide bonds. The van der Waals surface area contributed by atoms with Crippen LogP contribution in [0.15, 0.2) is 36.7 Å². The van der Waals surface area contributed by atoms with Gasteiger partial charge in [0.15, 0.2) is 0 Å². The molecule has 2 aromatic rings. The van der Waals surface area contributed by atoms with E-state index in [0.29, 0.717) is 17.1 Å². The number of rotatable bonds is 4. The number of hydrogen-bond donors (Lipinski definition) is 2. The molecule has 0 unspecified atom stereocenters. The number of anilines is 1. The van der Waals surface area contributed by atoms with Gasteiger partial charge in [-0.3, -0.25) is 9.59 Å². The molecule has 0 aliphatic heterocycles. The third-order valence-corrected chi connectivity index (χ3v) is 2.69. The van der Waals surface area contributed by atoms with Crippen LogP contribution in [0.3, 0.4) is 0 Å². The van der Waals surface area contributed by atoms with E-state index < -0.39 is 5.91 Å². The quantitative estimate of drug-likeness (QED) is 0.845. The van der Waals surface area contributed by atoms with Crippen LogP contribution in [0.2, 0.25) is 0 Å². The number of carbonyl (C=O) groups is 2. The van der Waals surface area contributed by atoms with Crippen LogP contribution in [-0.4, -0.2) is 21.4 Å². The van der Waals surface area contributed by atoms with Crippen LogP contribution in [0, 0.1) is 0 Å². The second kappa shape index (κ2) is 5.34. The van der Waals surface area contributed by atoms with E-state index in [0.717, 1.165) is 0 Å². The lowest BCUT2D eigenvalue weighted by atomic mass is 10.2. The van der Waals surface area contributed by atoms with Crippen LogP contribution in [0.25, 0.3) is 0 Å². The Hall–Kier alpha value is -2.63. The molecule has 1 aromatic carbocycles. The smallest absolute Gasteiger partial charge is 0.248 e. The van der Waals surface area contributed by atoms with Crippen LogP contribution in [0.4, 0.5) is 5.69 Å². The predicted molar refractivity (Wildman–Crippen MR) is 70.5 cm³/mol. The molecule has 0 spiro atoms. The van der Waals surface area contributed by atoms with Gasteiger partial charge in [0.25, 0.3) is 0 Å². The zero-order valence-corrected chi connectivity index (χ0v) is 10.5. The molecule has 0 aliphatic rings. The third kappa shape index (κ3) is 3.19. The van der Waals surface area contributed by atoms with E-state index in [4.69, 9.17) is 5.73 Å². The van der Waals surface area contributed by atoms with Crippen molar-refractivity contribution in [1.82, 2.24) is 9.55 Å². The van der Waals surface area contributed by atoms with Crippen LogP contribution < -0.4 is 11.1 Å². The molecular weight excluding hydrogens is 244 g/mol. The van der Waals surface area contributed by atoms with Gasteiger partial charge in [-0.15, -0.1) is 0 Å². The Kier molecular flexibility index (Phi) is 3.61. The van der Waals surface area contributed by atoms with Crippen molar-refractivity contribution in [2.24, 2.45) is 12.8 Å². The highest BCUT2D eigenvalue weighted by atomic mass is 16.2. The molecular formula is C13H14N4O2. The highest BCUT2D eigenvalue weighted by molar-refractivity contribution is 5.95. The number of imidazole rings is 1. The molecule has 1 heterocycles. The van der Waals surface area contributed by atoms with Crippen molar-refractivity contribution >= 4 is 17.5 Å². The van der Waals surface area contributed by atoms with Gasteiger partial charge < -0.3 is 15.6 Å². The van der Waals surface area contributed by atoms with Crippen molar-refractivity contribution in [2.75, 3.05) is 5.32 Å². The summed E-state index contributed by atoms with van der Waals surface area (Å²) in [6.07, 6.45) is 3.62. The summed E-state index contributed by atoms with van der Waals surface area (Å²) in [5.41, 5.74) is 6.15. The van der Waals surface area contributed by atoms with Crippen molar-refractivity contribution in [2.45, 2.75) is 6.42 Å². The predicted octanol–water partition coefficient (Wildman–Crippen LogP) is 0.700. The first kappa shape index (κ1) is 12.8. The molecule has 0 saturated heterocycles. The van der Waals surface area contributed by atoms with E-state index in [-0.39, 0.29) is 12.3 Å². The van der Waals surface area contributed by atoms with E-state index in [1.807, 2.05) is 7.05 Å². The molecule has 6 heteroatoms. The Morgan fingerprint density at radius 1 is 1.32 bits per heavy atom. The van der Waals surface area contributed by atoms with Gasteiger partial charge in [-0.1, -0.05) is 0 Å². The van der Waals surface area contributed by atoms with Gasteiger partial charge >= 0.3 is 0 Å². The minimum atomic E-state index is -0.495. The number of nitrogens with two attached hydrogens (primary N) is 1. The Morgan fingerprint density at radius 3 is 2.53 bits per heavy atom. The zero-order chi connectivity index (χ0) is 13.8. The maximum atomic E-state index is 11.8. The summed E-state index contributed by atoms with van der Waals surface area (Å²) >= 11 is 0. The Labute approximate surface area is 110 Å². The van der Waals surface area contributed by atoms with Crippen molar-refractivity contribution in [3.63, 3.8) is 0 Å². The number of carbonyl (C=O) groups excluding carboxylic acids is 2. The summed E-state index contributed by atoms with van der Waals surface area (Å²) < 4.78 is 1.79. The lowest BCUT2D eigenvalue weighted by molar-refractivity contribution is -0.115. The zero-order valence-electron chi connectivity index (χ0n) is 10.5. The van der Waals surface area contributed by atoms with E-state index in [1.165, 1.54) is 0 Å². The van der Waals surface area contributed by atoms with Gasteiger partial charge in [-0.25, -0.2) is 4.98 Å². The maximum Gasteiger partial charge on any atom is 0.248 e. The summed E-state index contributed by atoms with van der Waals surface area (Å²) in [7, 11) is 1.83. The lowest BCUT2D eigenvalue weighted by Crippen LogP contribution is -2.17. The van der Waals surface area contributed by atoms with Gasteiger partial charge in [-0.2, -0.15) is 0 Å². The molecule has 0 fully saturated rings. The van der Waals surface area contributed by atoms with Gasteiger partial charge in [0.05, 0.1) is 6.42 Å². The highest BCUT2D eigenvalue weighted by Gasteiger charge is 2.08. The fourth-order valence-electron chi connectivity index (χ4n) is 1.63. The fraction of sp³-hybridized carbons (Fsp3) is 0.154. The molecule has 0 aliphatic carbocycles. The molecule has 1 aromatic heterocycles. The van der Waals surface area contributed by atoms with Gasteiger partial charge in [-0.05, 0) is 24.3 Å². The van der Waals surface area contributed by atoms with E-state index in [2.05, 4.69) is 10.3 Å². The maximum absolute atomic E-state index is 11.8. The summed E-state index contributed by atoms with van der Waals surface area (Å²) in [6.45, 7) is 0. The topological polar surface area (TPSA) is 90.0 Å². The number of benzene rings is 1. The number of amides is 2. The molecule has 98 valence electrons. The summed E-state index contributed by atoms with van der Waals surface area (Å²) in [5.74, 6) is 0.0262. The first-order valence-electron chi connectivity index (χ1n) is 5.72. The van der Waals surface area contributed by atoms with Gasteiger partial charge in [0.1, 0.15) is 5.82 Å². The number of nitrogens with one attached hydrogen (secondary N) is 1. The van der Waals surface area contributed by atoms with Crippen LogP contribution in [-0.2, 0) is 18.3 Å². The molecule has 2 rings (SSSR count). The van der Waals surface area contributed by atoms with E-state index >= 15 is 0 Å². The average molecular weight is 258 g/mol. The molecule has 3 N–H and O–H groups in total. The van der Waals surface area contributed by atoms with Gasteiger partial charge in [0, 0.05) is 30.7 Å². The Morgan fingerprint density at radius 2 is 2.00 bits per heavy atom. The molecule has 0 bridgehead atoms. The summed E-state index contributed by atoms with van der Waals surface area (Å²) in [6, 6.07) is 6.41. The van der Waals surface area contributed by atoms with Crippen LogP contribution in [0.5, 0.6) is 0 Å².